The molecule has 1 heterocycles. The Morgan fingerprint density at radius 3 is 2.52 bits per heavy atom. The van der Waals surface area contributed by atoms with E-state index in [9.17, 15) is 19.2 Å². The third-order valence-corrected chi connectivity index (χ3v) is 4.46. The molecule has 3 unspecified atom stereocenters. The van der Waals surface area contributed by atoms with E-state index in [2.05, 4.69) is 25.9 Å². The van der Waals surface area contributed by atoms with Crippen molar-refractivity contribution in [2.45, 2.75) is 31.0 Å². The zero-order valence-electron chi connectivity index (χ0n) is 15.9. The molecule has 162 valence electrons. The average Bonchev–Trinajstić information content (AvgIpc) is 3.19. The number of carbonyl (C=O) groups is 4. The van der Waals surface area contributed by atoms with Crippen molar-refractivity contribution in [1.82, 2.24) is 25.9 Å². The minimum Gasteiger partial charge on any atom is -0.480 e. The zero-order chi connectivity index (χ0) is 21.8. The van der Waals surface area contributed by atoms with Crippen molar-refractivity contribution in [3.63, 3.8) is 0 Å². The number of carboxylic acid groups (broad SMARTS) is 1. The van der Waals surface area contributed by atoms with Crippen LogP contribution in [0.25, 0.3) is 0 Å². The third kappa shape index (κ3) is 8.93. The maximum atomic E-state index is 12.3. The third-order valence-electron chi connectivity index (χ3n) is 3.81. The predicted molar refractivity (Wildman–Crippen MR) is 105 cm³/mol. The summed E-state index contributed by atoms with van der Waals surface area (Å²) in [5.74, 6) is -2.79. The van der Waals surface area contributed by atoms with Crippen LogP contribution in [0.5, 0.6) is 0 Å². The molecule has 29 heavy (non-hydrogen) atoms. The number of aromatic amines is 1. The number of aliphatic hydroxyl groups excluding tert-OH is 1. The quantitative estimate of drug-likeness (QED) is 0.173. The van der Waals surface area contributed by atoms with Crippen LogP contribution in [0, 0.1) is 0 Å². The van der Waals surface area contributed by atoms with E-state index in [-0.39, 0.29) is 12.8 Å². The van der Waals surface area contributed by atoms with Crippen LogP contribution in [0.15, 0.2) is 12.5 Å². The number of carbonyl (C=O) groups excluding carboxylic acids is 3. The highest BCUT2D eigenvalue weighted by Gasteiger charge is 2.26. The number of amides is 3. The fraction of sp³-hybridized carbons (Fsp3) is 0.562. The van der Waals surface area contributed by atoms with E-state index in [0.29, 0.717) is 11.4 Å². The number of thioether (sulfide) groups is 1. The smallest absolute Gasteiger partial charge is 0.328 e. The predicted octanol–water partition coefficient (Wildman–Crippen LogP) is -2.80. The molecule has 0 fully saturated rings. The largest absolute Gasteiger partial charge is 0.480 e. The van der Waals surface area contributed by atoms with Gasteiger partial charge in [0.2, 0.25) is 17.7 Å². The first-order chi connectivity index (χ1) is 13.8. The first kappa shape index (κ1) is 24.4. The lowest BCUT2D eigenvalue weighted by Crippen LogP contribution is -2.54. The van der Waals surface area contributed by atoms with Gasteiger partial charge in [0.15, 0.2) is 0 Å². The maximum Gasteiger partial charge on any atom is 0.328 e. The SMILES string of the molecule is CSCCC(NC(=O)CNC(=O)C(N)Cc1cnc[nH]1)C(=O)NC(CO)C(=O)O. The Hall–Kier alpha value is -2.64. The van der Waals surface area contributed by atoms with Gasteiger partial charge in [-0.3, -0.25) is 14.4 Å². The highest BCUT2D eigenvalue weighted by atomic mass is 32.2. The molecule has 3 amide bonds. The summed E-state index contributed by atoms with van der Waals surface area (Å²) in [5, 5.41) is 24.9. The monoisotopic (exact) mass is 430 g/mol. The van der Waals surface area contributed by atoms with Gasteiger partial charge in [0, 0.05) is 18.3 Å². The van der Waals surface area contributed by atoms with Crippen molar-refractivity contribution in [1.29, 1.82) is 0 Å². The van der Waals surface area contributed by atoms with Crippen molar-refractivity contribution in [3.8, 4) is 0 Å². The Bertz CT molecular complexity index is 685. The summed E-state index contributed by atoms with van der Waals surface area (Å²) in [6.07, 6.45) is 5.25. The number of nitrogens with zero attached hydrogens (tertiary/aromatic N) is 1. The normalized spacial score (nSPS) is 13.8. The van der Waals surface area contributed by atoms with Gasteiger partial charge in [-0.15, -0.1) is 0 Å². The Morgan fingerprint density at radius 1 is 1.24 bits per heavy atom. The number of hydrogen-bond donors (Lipinski definition) is 7. The molecule has 0 saturated carbocycles. The van der Waals surface area contributed by atoms with Crippen molar-refractivity contribution in [3.05, 3.63) is 18.2 Å². The molecule has 0 bridgehead atoms. The van der Waals surface area contributed by atoms with Crippen LogP contribution < -0.4 is 21.7 Å². The summed E-state index contributed by atoms with van der Waals surface area (Å²) < 4.78 is 0. The molecule has 0 aromatic carbocycles. The number of nitrogens with two attached hydrogens (primary N) is 1. The highest BCUT2D eigenvalue weighted by Crippen LogP contribution is 2.02. The number of aromatic nitrogens is 2. The number of aliphatic carboxylic acids is 1. The van der Waals surface area contributed by atoms with Crippen LogP contribution in [0.1, 0.15) is 12.1 Å². The summed E-state index contributed by atoms with van der Waals surface area (Å²) in [5.41, 5.74) is 6.44. The standard InChI is InChI=1S/C16H26N6O6S/c1-29-3-2-11(15(26)22-12(7-23)16(27)28)21-13(24)6-19-14(25)10(17)4-9-5-18-8-20-9/h5,8,10-12,23H,2-4,6-7,17H2,1H3,(H,18,20)(H,19,25)(H,21,24)(H,22,26)(H,27,28). The van der Waals surface area contributed by atoms with Crippen LogP contribution in [0.2, 0.25) is 0 Å². The Labute approximate surface area is 171 Å². The lowest BCUT2D eigenvalue weighted by atomic mass is 10.1. The molecule has 8 N–H and O–H groups in total. The number of rotatable bonds is 13. The van der Waals surface area contributed by atoms with Crippen molar-refractivity contribution in [2.75, 3.05) is 25.2 Å². The van der Waals surface area contributed by atoms with Crippen LogP contribution in [-0.4, -0.2) is 87.2 Å². The minimum atomic E-state index is -1.48. The lowest BCUT2D eigenvalue weighted by molar-refractivity contribution is -0.143. The van der Waals surface area contributed by atoms with Gasteiger partial charge in [0.1, 0.15) is 12.1 Å². The van der Waals surface area contributed by atoms with Gasteiger partial charge in [-0.1, -0.05) is 0 Å². The molecule has 1 aromatic heterocycles. The first-order valence-electron chi connectivity index (χ1n) is 8.71. The molecule has 1 rings (SSSR count). The van der Waals surface area contributed by atoms with Crippen LogP contribution in [0.4, 0.5) is 0 Å². The molecule has 0 spiro atoms. The van der Waals surface area contributed by atoms with Gasteiger partial charge in [0.25, 0.3) is 0 Å². The minimum absolute atomic E-state index is 0.212. The van der Waals surface area contributed by atoms with Gasteiger partial charge in [0.05, 0.1) is 25.5 Å². The van der Waals surface area contributed by atoms with Crippen LogP contribution in [0.3, 0.4) is 0 Å². The number of carboxylic acids is 1. The van der Waals surface area contributed by atoms with Gasteiger partial charge >= 0.3 is 5.97 Å². The van der Waals surface area contributed by atoms with E-state index >= 15 is 0 Å². The summed E-state index contributed by atoms with van der Waals surface area (Å²) in [7, 11) is 0. The highest BCUT2D eigenvalue weighted by molar-refractivity contribution is 7.98. The molecular weight excluding hydrogens is 404 g/mol. The number of hydrogen-bond acceptors (Lipinski definition) is 8. The Kier molecular flexibility index (Phi) is 10.7. The zero-order valence-corrected chi connectivity index (χ0v) is 16.7. The van der Waals surface area contributed by atoms with E-state index in [1.165, 1.54) is 24.3 Å². The molecule has 1 aromatic rings. The molecule has 0 aliphatic heterocycles. The molecule has 0 aliphatic carbocycles. The average molecular weight is 430 g/mol. The van der Waals surface area contributed by atoms with Crippen molar-refractivity contribution in [2.24, 2.45) is 5.73 Å². The number of H-pyrrole nitrogens is 1. The van der Waals surface area contributed by atoms with E-state index in [0.717, 1.165) is 0 Å². The molecule has 0 radical (unpaired) electrons. The molecule has 3 atom stereocenters. The van der Waals surface area contributed by atoms with E-state index in [4.69, 9.17) is 15.9 Å². The van der Waals surface area contributed by atoms with E-state index in [1.54, 1.807) is 0 Å². The number of aliphatic hydroxyl groups is 1. The molecular formula is C16H26N6O6S. The fourth-order valence-electron chi connectivity index (χ4n) is 2.23. The van der Waals surface area contributed by atoms with Crippen LogP contribution >= 0.6 is 11.8 Å². The molecule has 12 nitrogen and oxygen atoms in total. The first-order valence-corrected chi connectivity index (χ1v) is 10.1. The second-order valence-corrected chi connectivity index (χ2v) is 7.07. The molecule has 13 heteroatoms. The number of nitrogens with one attached hydrogen (secondary N) is 4. The van der Waals surface area contributed by atoms with Gasteiger partial charge in [-0.25, -0.2) is 9.78 Å². The Balaban J connectivity index is 2.55. The topological polar surface area (TPSA) is 200 Å². The summed E-state index contributed by atoms with van der Waals surface area (Å²) in [6, 6.07) is -3.38. The van der Waals surface area contributed by atoms with E-state index < -0.39 is 55.0 Å². The fourth-order valence-corrected chi connectivity index (χ4v) is 2.70. The van der Waals surface area contributed by atoms with Crippen molar-refractivity contribution >= 4 is 35.5 Å². The maximum absolute atomic E-state index is 12.3. The second kappa shape index (κ2) is 12.7. The lowest BCUT2D eigenvalue weighted by Gasteiger charge is -2.20. The van der Waals surface area contributed by atoms with Gasteiger partial charge in [-0.2, -0.15) is 11.8 Å². The summed E-state index contributed by atoms with van der Waals surface area (Å²) in [4.78, 5) is 54.0. The van der Waals surface area contributed by atoms with Crippen molar-refractivity contribution < 1.29 is 29.4 Å². The van der Waals surface area contributed by atoms with Gasteiger partial charge < -0.3 is 36.9 Å². The van der Waals surface area contributed by atoms with Crippen LogP contribution in [-0.2, 0) is 25.6 Å². The second-order valence-electron chi connectivity index (χ2n) is 6.09. The Morgan fingerprint density at radius 2 is 1.97 bits per heavy atom. The summed E-state index contributed by atoms with van der Waals surface area (Å²) >= 11 is 1.44. The molecule has 0 aliphatic rings. The van der Waals surface area contributed by atoms with E-state index in [1.807, 2.05) is 6.26 Å². The number of imidazole rings is 1. The molecule has 0 saturated heterocycles. The summed E-state index contributed by atoms with van der Waals surface area (Å²) in [6.45, 7) is -1.19. The van der Waals surface area contributed by atoms with Gasteiger partial charge in [-0.05, 0) is 18.4 Å².